The van der Waals surface area contributed by atoms with Crippen LogP contribution in [0.3, 0.4) is 0 Å². The van der Waals surface area contributed by atoms with Crippen molar-refractivity contribution in [1.82, 2.24) is 0 Å². The van der Waals surface area contributed by atoms with Gasteiger partial charge in [0.2, 0.25) is 0 Å². The van der Waals surface area contributed by atoms with Crippen LogP contribution in [0.4, 0.5) is 0 Å². The van der Waals surface area contributed by atoms with E-state index in [0.717, 1.165) is 11.1 Å². The van der Waals surface area contributed by atoms with Crippen LogP contribution in [-0.2, 0) is 30.7 Å². The van der Waals surface area contributed by atoms with E-state index >= 15 is 0 Å². The molecule has 2 rings (SSSR count). The molecule has 3 N–H and O–H groups in total. The number of carbonyl (C=O) groups is 2. The molecule has 2 aromatic carbocycles. The summed E-state index contributed by atoms with van der Waals surface area (Å²) in [5.74, 6) is -2.62. The molecule has 2 aromatic rings. The van der Waals surface area contributed by atoms with Crippen molar-refractivity contribution in [3.63, 3.8) is 0 Å². The normalized spacial score (nSPS) is 11.3. The van der Waals surface area contributed by atoms with Crippen molar-refractivity contribution in [2.24, 2.45) is 9.98 Å². The van der Waals surface area contributed by atoms with E-state index in [0.29, 0.717) is 13.1 Å². The van der Waals surface area contributed by atoms with Gasteiger partial charge in [-0.3, -0.25) is 19.6 Å². The summed E-state index contributed by atoms with van der Waals surface area (Å²) in [6.07, 6.45) is 2.18. The van der Waals surface area contributed by atoms with Crippen molar-refractivity contribution in [3.8, 4) is 0 Å². The Labute approximate surface area is 177 Å². The smallest absolute Gasteiger partial charge is 0.314 e. The number of benzene rings is 2. The van der Waals surface area contributed by atoms with E-state index in [-0.39, 0.29) is 21.1 Å². The SMILES string of the molecule is O=C(O)CC(=O)O.OC(CN=Cc1ccccc1)CN=Cc1ccccc1.[Pt]. The molecule has 0 aliphatic heterocycles. The maximum atomic E-state index is 9.78. The number of rotatable bonds is 8. The predicted octanol–water partition coefficient (Wildman–Crippen LogP) is 2.13. The molecule has 0 radical (unpaired) electrons. The maximum absolute atomic E-state index is 9.78. The Morgan fingerprint density at radius 1 is 0.786 bits per heavy atom. The van der Waals surface area contributed by atoms with E-state index in [1.165, 1.54) is 0 Å². The summed E-state index contributed by atoms with van der Waals surface area (Å²) in [6, 6.07) is 19.7. The van der Waals surface area contributed by atoms with Gasteiger partial charge in [0.1, 0.15) is 6.42 Å². The van der Waals surface area contributed by atoms with Gasteiger partial charge >= 0.3 is 11.9 Å². The molecule has 0 aromatic heterocycles. The van der Waals surface area contributed by atoms with E-state index in [2.05, 4.69) is 9.98 Å². The summed E-state index contributed by atoms with van der Waals surface area (Å²) < 4.78 is 0. The van der Waals surface area contributed by atoms with Gasteiger partial charge in [0.15, 0.2) is 0 Å². The number of carboxylic acids is 2. The second kappa shape index (κ2) is 15.4. The Balaban J connectivity index is 0.000000786. The van der Waals surface area contributed by atoms with Gasteiger partial charge < -0.3 is 15.3 Å². The van der Waals surface area contributed by atoms with E-state index in [1.807, 2.05) is 60.7 Å². The molecule has 8 heteroatoms. The number of aliphatic carboxylic acids is 2. The first-order chi connectivity index (χ1) is 13.0. The Morgan fingerprint density at radius 3 is 1.43 bits per heavy atom. The van der Waals surface area contributed by atoms with E-state index in [1.54, 1.807) is 12.4 Å². The summed E-state index contributed by atoms with van der Waals surface area (Å²) in [5.41, 5.74) is 2.07. The second-order valence-corrected chi connectivity index (χ2v) is 5.43. The zero-order valence-electron chi connectivity index (χ0n) is 15.0. The van der Waals surface area contributed by atoms with Crippen LogP contribution >= 0.6 is 0 Å². The van der Waals surface area contributed by atoms with Gasteiger partial charge in [-0.05, 0) is 11.1 Å². The number of aliphatic imine (C=N–C) groups is 2. The first kappa shape index (κ1) is 25.4. The van der Waals surface area contributed by atoms with Gasteiger partial charge in [-0.25, -0.2) is 0 Å². The van der Waals surface area contributed by atoms with Crippen molar-refractivity contribution in [3.05, 3.63) is 71.8 Å². The predicted molar refractivity (Wildman–Crippen MR) is 104 cm³/mol. The van der Waals surface area contributed by atoms with Crippen LogP contribution in [0.15, 0.2) is 70.6 Å². The molecule has 152 valence electrons. The minimum atomic E-state index is -1.31. The van der Waals surface area contributed by atoms with E-state index in [9.17, 15) is 14.7 Å². The van der Waals surface area contributed by atoms with Gasteiger partial charge in [0.25, 0.3) is 0 Å². The molecule has 0 bridgehead atoms. The number of hydrogen-bond acceptors (Lipinski definition) is 5. The van der Waals surface area contributed by atoms with E-state index < -0.39 is 24.5 Å². The average molecular weight is 565 g/mol. The molecule has 0 saturated heterocycles. The summed E-state index contributed by atoms with van der Waals surface area (Å²) in [7, 11) is 0. The molecule has 0 heterocycles. The van der Waals surface area contributed by atoms with Crippen LogP contribution in [-0.4, -0.2) is 58.9 Å². The Hall–Kier alpha value is -2.63. The third kappa shape index (κ3) is 13.6. The Bertz CT molecular complexity index is 688. The molecule has 0 unspecified atom stereocenters. The summed E-state index contributed by atoms with van der Waals surface area (Å²) in [4.78, 5) is 27.3. The molecule has 0 spiro atoms. The molecular formula is C20H22N2O5Pt. The maximum Gasteiger partial charge on any atom is 0.314 e. The zero-order valence-corrected chi connectivity index (χ0v) is 17.3. The van der Waals surface area contributed by atoms with Crippen molar-refractivity contribution in [1.29, 1.82) is 0 Å². The monoisotopic (exact) mass is 565 g/mol. The second-order valence-electron chi connectivity index (χ2n) is 5.43. The first-order valence-corrected chi connectivity index (χ1v) is 8.18. The number of hydrogen-bond donors (Lipinski definition) is 3. The third-order valence-corrected chi connectivity index (χ3v) is 3.01. The van der Waals surface area contributed by atoms with Crippen LogP contribution in [0.2, 0.25) is 0 Å². The summed E-state index contributed by atoms with van der Waals surface area (Å²) >= 11 is 0. The molecule has 28 heavy (non-hydrogen) atoms. The van der Waals surface area contributed by atoms with Gasteiger partial charge in [-0.2, -0.15) is 0 Å². The number of aliphatic hydroxyl groups excluding tert-OH is 1. The van der Waals surface area contributed by atoms with Crippen LogP contribution in [0.1, 0.15) is 17.5 Å². The molecule has 0 aliphatic rings. The van der Waals surface area contributed by atoms with E-state index in [4.69, 9.17) is 10.2 Å². The number of carboxylic acid groups (broad SMARTS) is 2. The third-order valence-electron chi connectivity index (χ3n) is 3.01. The van der Waals surface area contributed by atoms with Crippen molar-refractivity contribution < 1.29 is 46.0 Å². The fourth-order valence-corrected chi connectivity index (χ4v) is 1.82. The zero-order chi connectivity index (χ0) is 19.9. The van der Waals surface area contributed by atoms with Gasteiger partial charge in [-0.1, -0.05) is 60.7 Å². The molecule has 0 saturated carbocycles. The van der Waals surface area contributed by atoms with Gasteiger partial charge in [-0.15, -0.1) is 0 Å². The largest absolute Gasteiger partial charge is 0.481 e. The van der Waals surface area contributed by atoms with Gasteiger partial charge in [0, 0.05) is 33.5 Å². The standard InChI is InChI=1S/C17H18N2O.C3H4O4.Pt/c20-17(13-18-11-15-7-3-1-4-8-15)14-19-12-16-9-5-2-6-10-16;4-2(5)1-3(6)7;/h1-12,17,20H,13-14H2;1H2,(H,4,5)(H,6,7);. The topological polar surface area (TPSA) is 120 Å². The van der Waals surface area contributed by atoms with Crippen molar-refractivity contribution in [2.45, 2.75) is 12.5 Å². The molecule has 7 nitrogen and oxygen atoms in total. The van der Waals surface area contributed by atoms with Crippen LogP contribution in [0.25, 0.3) is 0 Å². The molecule has 0 aliphatic carbocycles. The quantitative estimate of drug-likeness (QED) is 0.335. The number of nitrogens with zero attached hydrogens (tertiary/aromatic N) is 2. The summed E-state index contributed by atoms with van der Waals surface area (Å²) in [5, 5.41) is 25.2. The number of aliphatic hydroxyl groups is 1. The van der Waals surface area contributed by atoms with Crippen molar-refractivity contribution >= 4 is 24.4 Å². The van der Waals surface area contributed by atoms with Crippen LogP contribution in [0.5, 0.6) is 0 Å². The minimum absolute atomic E-state index is 0. The molecular weight excluding hydrogens is 543 g/mol. The Morgan fingerprint density at radius 2 is 1.14 bits per heavy atom. The first-order valence-electron chi connectivity index (χ1n) is 8.18. The van der Waals surface area contributed by atoms with Gasteiger partial charge in [0.05, 0.1) is 19.2 Å². The minimum Gasteiger partial charge on any atom is -0.481 e. The average Bonchev–Trinajstić information content (AvgIpc) is 2.63. The van der Waals surface area contributed by atoms with Crippen LogP contribution < -0.4 is 0 Å². The molecule has 0 fully saturated rings. The molecule has 0 amide bonds. The molecule has 0 atom stereocenters. The Kier molecular flexibility index (Phi) is 14.0. The fourth-order valence-electron chi connectivity index (χ4n) is 1.82. The fraction of sp³-hybridized carbons (Fsp3) is 0.200. The van der Waals surface area contributed by atoms with Crippen molar-refractivity contribution in [2.75, 3.05) is 13.1 Å². The van der Waals surface area contributed by atoms with Crippen LogP contribution in [0, 0.1) is 0 Å². The summed E-state index contributed by atoms with van der Waals surface area (Å²) in [6.45, 7) is 0.724.